The van der Waals surface area contributed by atoms with Crippen molar-refractivity contribution in [2.24, 2.45) is 0 Å². The van der Waals surface area contributed by atoms with Crippen molar-refractivity contribution >= 4 is 17.7 Å². The van der Waals surface area contributed by atoms with Crippen LogP contribution in [0.1, 0.15) is 27.3 Å². The number of benzene rings is 2. The lowest BCUT2D eigenvalue weighted by atomic mass is 10.2. The topological polar surface area (TPSA) is 59.8 Å². The lowest BCUT2D eigenvalue weighted by molar-refractivity contribution is 0.0945. The van der Waals surface area contributed by atoms with Crippen molar-refractivity contribution in [1.82, 2.24) is 20.1 Å². The van der Waals surface area contributed by atoms with Crippen molar-refractivity contribution in [3.8, 4) is 0 Å². The van der Waals surface area contributed by atoms with E-state index in [2.05, 4.69) is 53.3 Å². The largest absolute Gasteiger partial charge is 0.345 e. The molecule has 7 heteroatoms. The molecule has 1 heterocycles. The first-order valence-electron chi connectivity index (χ1n) is 8.82. The molecule has 28 heavy (non-hydrogen) atoms. The van der Waals surface area contributed by atoms with Crippen LogP contribution in [-0.2, 0) is 18.8 Å². The van der Waals surface area contributed by atoms with Gasteiger partial charge in [-0.25, -0.2) is 4.39 Å². The van der Waals surface area contributed by atoms with E-state index in [0.717, 1.165) is 10.9 Å². The van der Waals surface area contributed by atoms with Crippen LogP contribution >= 0.6 is 11.8 Å². The van der Waals surface area contributed by atoms with Crippen molar-refractivity contribution in [3.63, 3.8) is 0 Å². The van der Waals surface area contributed by atoms with Crippen molar-refractivity contribution in [3.05, 3.63) is 89.5 Å². The zero-order valence-corrected chi connectivity index (χ0v) is 16.4. The molecule has 0 bridgehead atoms. The molecule has 1 N–H and O–H groups in total. The fourth-order valence-electron chi connectivity index (χ4n) is 2.60. The average Bonchev–Trinajstić information content (AvgIpc) is 3.08. The maximum atomic E-state index is 13.7. The second kappa shape index (κ2) is 9.32. The van der Waals surface area contributed by atoms with Crippen LogP contribution in [0, 0.1) is 12.7 Å². The fraction of sp³-hybridized carbons (Fsp3) is 0.190. The molecular formula is C21H21FN4OS. The van der Waals surface area contributed by atoms with Crippen molar-refractivity contribution in [2.45, 2.75) is 30.9 Å². The van der Waals surface area contributed by atoms with Gasteiger partial charge in [-0.2, -0.15) is 0 Å². The van der Waals surface area contributed by atoms with Crippen LogP contribution in [0.2, 0.25) is 0 Å². The van der Waals surface area contributed by atoms with E-state index in [0.29, 0.717) is 12.4 Å². The van der Waals surface area contributed by atoms with Crippen molar-refractivity contribution < 1.29 is 9.18 Å². The summed E-state index contributed by atoms with van der Waals surface area (Å²) in [6, 6.07) is 14.2. The minimum atomic E-state index is -0.554. The number of nitrogens with zero attached hydrogens (tertiary/aromatic N) is 3. The standard InChI is InChI=1S/C21H21FN4OS/c1-3-12-26-19(13-23-20(27)17-6-4-5-7-18(17)22)24-25-21(26)28-14-16-10-8-15(2)9-11-16/h3-11H,1,12-14H2,2H3,(H,23,27). The molecule has 144 valence electrons. The normalized spacial score (nSPS) is 10.6. The van der Waals surface area contributed by atoms with E-state index in [1.165, 1.54) is 23.3 Å². The Labute approximate surface area is 167 Å². The van der Waals surface area contributed by atoms with Crippen LogP contribution < -0.4 is 5.32 Å². The quantitative estimate of drug-likeness (QED) is 0.459. The van der Waals surface area contributed by atoms with Gasteiger partial charge in [-0.3, -0.25) is 4.79 Å². The summed E-state index contributed by atoms with van der Waals surface area (Å²) in [5.74, 6) is 0.315. The molecule has 3 aromatic rings. The number of hydrogen-bond donors (Lipinski definition) is 1. The number of aromatic nitrogens is 3. The summed E-state index contributed by atoms with van der Waals surface area (Å²) in [4.78, 5) is 12.2. The summed E-state index contributed by atoms with van der Waals surface area (Å²) in [5.41, 5.74) is 2.42. The Bertz CT molecular complexity index is 969. The van der Waals surface area contributed by atoms with Gasteiger partial charge in [0.05, 0.1) is 12.1 Å². The molecule has 0 radical (unpaired) electrons. The Balaban J connectivity index is 1.68. The van der Waals surface area contributed by atoms with Gasteiger partial charge in [0, 0.05) is 12.3 Å². The maximum absolute atomic E-state index is 13.7. The summed E-state index contributed by atoms with van der Waals surface area (Å²) >= 11 is 1.57. The van der Waals surface area contributed by atoms with Gasteiger partial charge in [0.1, 0.15) is 5.82 Å². The SMILES string of the molecule is C=CCn1c(CNC(=O)c2ccccc2F)nnc1SCc1ccc(C)cc1. The molecule has 0 unspecified atom stereocenters. The lowest BCUT2D eigenvalue weighted by Crippen LogP contribution is -2.25. The second-order valence-electron chi connectivity index (χ2n) is 6.23. The second-order valence-corrected chi connectivity index (χ2v) is 7.18. The average molecular weight is 396 g/mol. The molecule has 1 amide bonds. The van der Waals surface area contributed by atoms with Gasteiger partial charge in [0.2, 0.25) is 0 Å². The minimum absolute atomic E-state index is 0.00579. The lowest BCUT2D eigenvalue weighted by Gasteiger charge is -2.09. The number of hydrogen-bond acceptors (Lipinski definition) is 4. The molecule has 0 spiro atoms. The van der Waals surface area contributed by atoms with Crippen LogP contribution in [-0.4, -0.2) is 20.7 Å². The van der Waals surface area contributed by atoms with Crippen LogP contribution in [0.4, 0.5) is 4.39 Å². The molecule has 0 saturated carbocycles. The van der Waals surface area contributed by atoms with Gasteiger partial charge in [-0.05, 0) is 24.6 Å². The molecule has 0 fully saturated rings. The number of carbonyl (C=O) groups is 1. The van der Waals surface area contributed by atoms with Gasteiger partial charge >= 0.3 is 0 Å². The Kier molecular flexibility index (Phi) is 6.60. The van der Waals surface area contributed by atoms with E-state index < -0.39 is 11.7 Å². The van der Waals surface area contributed by atoms with Crippen LogP contribution in [0.15, 0.2) is 66.3 Å². The zero-order valence-electron chi connectivity index (χ0n) is 15.6. The third-order valence-electron chi connectivity index (χ3n) is 4.12. The first-order valence-corrected chi connectivity index (χ1v) is 9.81. The number of allylic oxidation sites excluding steroid dienone is 1. The smallest absolute Gasteiger partial charge is 0.254 e. The molecular weight excluding hydrogens is 375 g/mol. The van der Waals surface area contributed by atoms with Crippen LogP contribution in [0.3, 0.4) is 0 Å². The predicted molar refractivity (Wildman–Crippen MR) is 109 cm³/mol. The van der Waals surface area contributed by atoms with E-state index in [-0.39, 0.29) is 12.1 Å². The van der Waals surface area contributed by atoms with E-state index in [1.54, 1.807) is 30.0 Å². The van der Waals surface area contributed by atoms with Gasteiger partial charge in [-0.1, -0.05) is 59.8 Å². The molecule has 3 rings (SSSR count). The van der Waals surface area contributed by atoms with Crippen LogP contribution in [0.25, 0.3) is 0 Å². The van der Waals surface area contributed by atoms with Crippen molar-refractivity contribution in [2.75, 3.05) is 0 Å². The molecule has 0 aliphatic carbocycles. The molecule has 1 aromatic heterocycles. The molecule has 0 saturated heterocycles. The Morgan fingerprint density at radius 1 is 1.21 bits per heavy atom. The van der Waals surface area contributed by atoms with E-state index in [9.17, 15) is 9.18 Å². The minimum Gasteiger partial charge on any atom is -0.345 e. The maximum Gasteiger partial charge on any atom is 0.254 e. The molecule has 0 aliphatic rings. The summed E-state index contributed by atoms with van der Waals surface area (Å²) in [7, 11) is 0. The van der Waals surface area contributed by atoms with Gasteiger partial charge in [-0.15, -0.1) is 16.8 Å². The molecule has 0 aliphatic heterocycles. The number of rotatable bonds is 8. The number of halogens is 1. The predicted octanol–water partition coefficient (Wildman–Crippen LogP) is 4.13. The molecule has 0 atom stereocenters. The van der Waals surface area contributed by atoms with E-state index in [1.807, 2.05) is 4.57 Å². The third-order valence-corrected chi connectivity index (χ3v) is 5.16. The monoisotopic (exact) mass is 396 g/mol. The van der Waals surface area contributed by atoms with Gasteiger partial charge < -0.3 is 9.88 Å². The highest BCUT2D eigenvalue weighted by atomic mass is 32.2. The first kappa shape index (κ1) is 19.8. The van der Waals surface area contributed by atoms with E-state index in [4.69, 9.17) is 0 Å². The number of nitrogens with one attached hydrogen (secondary N) is 1. The molecule has 2 aromatic carbocycles. The summed E-state index contributed by atoms with van der Waals surface area (Å²) < 4.78 is 15.6. The fourth-order valence-corrected chi connectivity index (χ4v) is 3.52. The Morgan fingerprint density at radius 2 is 1.96 bits per heavy atom. The highest BCUT2D eigenvalue weighted by Gasteiger charge is 2.15. The number of aryl methyl sites for hydroxylation is 1. The van der Waals surface area contributed by atoms with Gasteiger partial charge in [0.25, 0.3) is 5.91 Å². The molecule has 5 nitrogen and oxygen atoms in total. The Morgan fingerprint density at radius 3 is 2.68 bits per heavy atom. The third kappa shape index (κ3) is 4.86. The number of thioether (sulfide) groups is 1. The Hall–Kier alpha value is -2.93. The van der Waals surface area contributed by atoms with E-state index >= 15 is 0 Å². The van der Waals surface area contributed by atoms with Gasteiger partial charge in [0.15, 0.2) is 11.0 Å². The highest BCUT2D eigenvalue weighted by Crippen LogP contribution is 2.22. The summed E-state index contributed by atoms with van der Waals surface area (Å²) in [6.45, 7) is 6.51. The van der Waals surface area contributed by atoms with Crippen LogP contribution in [0.5, 0.6) is 0 Å². The first-order chi connectivity index (χ1) is 13.6. The number of carbonyl (C=O) groups excluding carboxylic acids is 1. The number of amides is 1. The highest BCUT2D eigenvalue weighted by molar-refractivity contribution is 7.98. The summed E-state index contributed by atoms with van der Waals surface area (Å²) in [6.07, 6.45) is 1.75. The zero-order chi connectivity index (χ0) is 19.9. The van der Waals surface area contributed by atoms with Crippen molar-refractivity contribution in [1.29, 1.82) is 0 Å². The summed E-state index contributed by atoms with van der Waals surface area (Å²) in [5, 5.41) is 11.9.